The van der Waals surface area contributed by atoms with E-state index in [9.17, 15) is 5.26 Å². The Labute approximate surface area is 265 Å². The highest BCUT2D eigenvalue weighted by Gasteiger charge is 2.26. The Hall–Kier alpha value is -6.44. The van der Waals surface area contributed by atoms with E-state index >= 15 is 0 Å². The predicted octanol–water partition coefficient (Wildman–Crippen LogP) is 10.4. The Morgan fingerprint density at radius 3 is 1.41 bits per heavy atom. The van der Waals surface area contributed by atoms with E-state index in [4.69, 9.17) is 15.0 Å². The van der Waals surface area contributed by atoms with E-state index in [1.54, 1.807) is 0 Å². The number of aromatic nitrogens is 3. The molecular weight excluding hydrogens is 560 g/mol. The minimum absolute atomic E-state index is 0.617. The summed E-state index contributed by atoms with van der Waals surface area (Å²) in [4.78, 5) is 15.2. The van der Waals surface area contributed by atoms with Crippen molar-refractivity contribution < 1.29 is 0 Å². The molecule has 0 atom stereocenters. The van der Waals surface area contributed by atoms with E-state index < -0.39 is 0 Å². The minimum Gasteiger partial charge on any atom is -0.208 e. The minimum atomic E-state index is 0.617. The molecule has 46 heavy (non-hydrogen) atoms. The summed E-state index contributed by atoms with van der Waals surface area (Å²) in [5, 5.41) is 14.2. The van der Waals surface area contributed by atoms with E-state index in [2.05, 4.69) is 66.7 Å². The predicted molar refractivity (Wildman–Crippen MR) is 186 cm³/mol. The summed E-state index contributed by atoms with van der Waals surface area (Å²) in [5.74, 6) is 1.87. The molecule has 7 aromatic carbocycles. The van der Waals surface area contributed by atoms with Gasteiger partial charge in [-0.05, 0) is 56.3 Å². The van der Waals surface area contributed by atoms with Crippen LogP contribution in [0.3, 0.4) is 0 Å². The monoisotopic (exact) mass is 584 g/mol. The summed E-state index contributed by atoms with van der Waals surface area (Å²) in [6.07, 6.45) is 0. The fraction of sp³-hybridized carbons (Fsp3) is 0. The number of fused-ring (bicyclic) bond motifs is 4. The van der Waals surface area contributed by atoms with Gasteiger partial charge in [0.15, 0.2) is 17.5 Å². The summed E-state index contributed by atoms with van der Waals surface area (Å²) >= 11 is 0. The Balaban J connectivity index is 1.40. The van der Waals surface area contributed by atoms with Gasteiger partial charge in [0, 0.05) is 27.5 Å². The molecule has 0 bridgehead atoms. The largest absolute Gasteiger partial charge is 0.208 e. The van der Waals surface area contributed by atoms with E-state index in [0.717, 1.165) is 44.0 Å². The average molecular weight is 585 g/mol. The second-order valence-corrected chi connectivity index (χ2v) is 11.5. The second-order valence-electron chi connectivity index (χ2n) is 11.5. The van der Waals surface area contributed by atoms with Gasteiger partial charge in [-0.25, -0.2) is 15.0 Å². The highest BCUT2D eigenvalue weighted by atomic mass is 15.0. The highest BCUT2D eigenvalue weighted by molar-refractivity contribution is 6.23. The van der Waals surface area contributed by atoms with E-state index in [-0.39, 0.29) is 0 Å². The van der Waals surface area contributed by atoms with Gasteiger partial charge in [0.2, 0.25) is 0 Å². The van der Waals surface area contributed by atoms with Crippen molar-refractivity contribution in [1.82, 2.24) is 15.0 Å². The lowest BCUT2D eigenvalue weighted by atomic mass is 9.88. The molecular formula is C42H24N4. The van der Waals surface area contributed by atoms with Crippen molar-refractivity contribution in [2.24, 2.45) is 0 Å². The van der Waals surface area contributed by atoms with Crippen LogP contribution in [-0.4, -0.2) is 15.0 Å². The van der Waals surface area contributed by atoms with Gasteiger partial charge in [-0.15, -0.1) is 0 Å². The third kappa shape index (κ3) is 3.96. The van der Waals surface area contributed by atoms with Crippen LogP contribution in [0, 0.1) is 11.3 Å². The standard InChI is InChI=1S/C42H24N4/c43-25-28-15-9-19-30-29(28)18-10-20-33(30)36-22-21-34-31-16-7-8-17-32(31)35-23-24-37(39(36)38(34)35)42-45-40(26-11-3-1-4-12-26)44-41(46-42)27-13-5-2-6-14-27/h1-24H. The first-order valence-electron chi connectivity index (χ1n) is 15.3. The Kier molecular flexibility index (Phi) is 5.84. The van der Waals surface area contributed by atoms with Crippen molar-refractivity contribution in [3.05, 3.63) is 151 Å². The molecule has 1 aromatic heterocycles. The molecule has 9 rings (SSSR count). The summed E-state index contributed by atoms with van der Waals surface area (Å²) in [6, 6.07) is 52.1. The smallest absolute Gasteiger partial charge is 0.164 e. The molecule has 1 heterocycles. The molecule has 4 nitrogen and oxygen atoms in total. The molecule has 0 spiro atoms. The maximum absolute atomic E-state index is 9.91. The second kappa shape index (κ2) is 10.3. The third-order valence-corrected chi connectivity index (χ3v) is 8.94. The van der Waals surface area contributed by atoms with Crippen molar-refractivity contribution in [1.29, 1.82) is 5.26 Å². The lowest BCUT2D eigenvalue weighted by Gasteiger charge is -2.16. The number of rotatable bonds is 4. The van der Waals surface area contributed by atoms with E-state index in [0.29, 0.717) is 23.0 Å². The zero-order chi connectivity index (χ0) is 30.6. The first kappa shape index (κ1) is 26.0. The molecule has 8 aromatic rings. The van der Waals surface area contributed by atoms with E-state index in [1.807, 2.05) is 84.9 Å². The zero-order valence-electron chi connectivity index (χ0n) is 24.6. The van der Waals surface area contributed by atoms with Gasteiger partial charge in [0.1, 0.15) is 0 Å². The Morgan fingerprint density at radius 2 is 0.804 bits per heavy atom. The van der Waals surface area contributed by atoms with Gasteiger partial charge < -0.3 is 0 Å². The highest BCUT2D eigenvalue weighted by Crippen LogP contribution is 2.52. The fourth-order valence-corrected chi connectivity index (χ4v) is 6.88. The number of nitrogens with zero attached hydrogens (tertiary/aromatic N) is 4. The van der Waals surface area contributed by atoms with Crippen LogP contribution in [0.2, 0.25) is 0 Å². The van der Waals surface area contributed by atoms with Gasteiger partial charge in [0.25, 0.3) is 0 Å². The van der Waals surface area contributed by atoms with Crippen LogP contribution in [0.15, 0.2) is 146 Å². The van der Waals surface area contributed by atoms with E-state index in [1.165, 1.54) is 27.6 Å². The quantitative estimate of drug-likeness (QED) is 0.206. The van der Waals surface area contributed by atoms with Crippen molar-refractivity contribution in [2.45, 2.75) is 0 Å². The molecule has 0 amide bonds. The zero-order valence-corrected chi connectivity index (χ0v) is 24.6. The molecule has 0 saturated heterocycles. The number of hydrogen-bond donors (Lipinski definition) is 0. The maximum Gasteiger partial charge on any atom is 0.164 e. The fourth-order valence-electron chi connectivity index (χ4n) is 6.88. The molecule has 4 heteroatoms. The van der Waals surface area contributed by atoms with Crippen LogP contribution in [0.25, 0.3) is 89.1 Å². The van der Waals surface area contributed by atoms with Gasteiger partial charge in [-0.2, -0.15) is 5.26 Å². The lowest BCUT2D eigenvalue weighted by Crippen LogP contribution is -2.01. The molecule has 0 fully saturated rings. The van der Waals surface area contributed by atoms with Crippen molar-refractivity contribution >= 4 is 21.5 Å². The van der Waals surface area contributed by atoms with Gasteiger partial charge in [-0.1, -0.05) is 133 Å². The van der Waals surface area contributed by atoms with Crippen LogP contribution in [0.1, 0.15) is 5.56 Å². The van der Waals surface area contributed by atoms with Gasteiger partial charge >= 0.3 is 0 Å². The molecule has 1 aliphatic rings. The molecule has 0 saturated carbocycles. The van der Waals surface area contributed by atoms with Crippen LogP contribution in [0.5, 0.6) is 0 Å². The normalized spacial score (nSPS) is 11.5. The molecule has 1 aliphatic carbocycles. The summed E-state index contributed by atoms with van der Waals surface area (Å²) in [7, 11) is 0. The third-order valence-electron chi connectivity index (χ3n) is 8.94. The van der Waals surface area contributed by atoms with Crippen molar-refractivity contribution in [3.8, 4) is 73.6 Å². The van der Waals surface area contributed by atoms with Crippen molar-refractivity contribution in [3.63, 3.8) is 0 Å². The topological polar surface area (TPSA) is 62.5 Å². The van der Waals surface area contributed by atoms with Gasteiger partial charge in [0.05, 0.1) is 11.6 Å². The Morgan fingerprint density at radius 1 is 0.348 bits per heavy atom. The van der Waals surface area contributed by atoms with Crippen LogP contribution >= 0.6 is 0 Å². The lowest BCUT2D eigenvalue weighted by molar-refractivity contribution is 1.08. The summed E-state index contributed by atoms with van der Waals surface area (Å²) < 4.78 is 0. The van der Waals surface area contributed by atoms with Crippen molar-refractivity contribution in [2.75, 3.05) is 0 Å². The summed E-state index contributed by atoms with van der Waals surface area (Å²) in [5.41, 5.74) is 10.4. The Bertz CT molecular complexity index is 2440. The van der Waals surface area contributed by atoms with Crippen LogP contribution in [0.4, 0.5) is 0 Å². The number of benzene rings is 7. The number of nitriles is 1. The molecule has 212 valence electrons. The summed E-state index contributed by atoms with van der Waals surface area (Å²) in [6.45, 7) is 0. The SMILES string of the molecule is N#Cc1cccc2c(-c3ccc4c5c(ccc(-c6nc(-c7ccccc7)nc(-c7ccccc7)n6)c35)-c3ccccc3-4)cccc12. The molecule has 0 N–H and O–H groups in total. The van der Waals surface area contributed by atoms with Crippen LogP contribution in [-0.2, 0) is 0 Å². The number of hydrogen-bond acceptors (Lipinski definition) is 4. The van der Waals surface area contributed by atoms with Crippen LogP contribution < -0.4 is 0 Å². The first-order chi connectivity index (χ1) is 22.8. The molecule has 0 aliphatic heterocycles. The van der Waals surface area contributed by atoms with Gasteiger partial charge in [-0.3, -0.25) is 0 Å². The molecule has 0 radical (unpaired) electrons. The maximum atomic E-state index is 9.91. The first-order valence-corrected chi connectivity index (χ1v) is 15.3. The average Bonchev–Trinajstić information content (AvgIpc) is 3.46. The molecule has 0 unspecified atom stereocenters.